The second kappa shape index (κ2) is 5.25. The maximum atomic E-state index is 11.1. The Bertz CT molecular complexity index is 629. The van der Waals surface area contributed by atoms with Gasteiger partial charge in [0.2, 0.25) is 6.67 Å². The number of guanidine groups is 1. The Kier molecular flexibility index (Phi) is 3.56. The fraction of sp³-hybridized carbons (Fsp3) is 0.750. The SMILES string of the molecule is O=[N+]([O-])N=C1N([N+](=O)[O-])C2C(N([N+](=O)[O-])CN2[N+](=O)[O-])N1[N+](=O)[O-]. The van der Waals surface area contributed by atoms with Gasteiger partial charge in [0.1, 0.15) is 5.10 Å². The highest BCUT2D eigenvalue weighted by molar-refractivity contribution is 5.80. The van der Waals surface area contributed by atoms with Crippen molar-refractivity contribution in [2.75, 3.05) is 6.67 Å². The van der Waals surface area contributed by atoms with E-state index in [1.54, 1.807) is 0 Å². The monoisotopic (exact) mass is 352 g/mol. The zero-order chi connectivity index (χ0) is 18.3. The van der Waals surface area contributed by atoms with Crippen LogP contribution in [-0.4, -0.2) is 70.2 Å². The van der Waals surface area contributed by atoms with Gasteiger partial charge in [0.25, 0.3) is 12.3 Å². The highest BCUT2D eigenvalue weighted by Gasteiger charge is 2.73. The van der Waals surface area contributed by atoms with Crippen molar-refractivity contribution in [1.82, 2.24) is 20.0 Å². The minimum Gasteiger partial charge on any atom is -0.235 e. The van der Waals surface area contributed by atoms with E-state index in [9.17, 15) is 50.6 Å². The molecule has 20 heteroatoms. The van der Waals surface area contributed by atoms with E-state index in [2.05, 4.69) is 5.10 Å². The van der Waals surface area contributed by atoms with Crippen molar-refractivity contribution in [2.45, 2.75) is 12.3 Å². The van der Waals surface area contributed by atoms with E-state index in [0.29, 0.717) is 0 Å². The van der Waals surface area contributed by atoms with E-state index >= 15 is 0 Å². The molecule has 0 aliphatic carbocycles. The molecule has 24 heavy (non-hydrogen) atoms. The predicted octanol–water partition coefficient (Wildman–Crippen LogP) is -2.85. The first-order valence-corrected chi connectivity index (χ1v) is 5.50. The number of hydrogen-bond donors (Lipinski definition) is 0. The van der Waals surface area contributed by atoms with Crippen molar-refractivity contribution >= 4 is 5.96 Å². The maximum Gasteiger partial charge on any atom is 0.399 e. The molecule has 130 valence electrons. The summed E-state index contributed by atoms with van der Waals surface area (Å²) in [4.78, 5) is 54.6. The lowest BCUT2D eigenvalue weighted by Gasteiger charge is -2.15. The molecule has 0 saturated carbocycles. The van der Waals surface area contributed by atoms with Gasteiger partial charge in [0, 0.05) is 0 Å². The van der Waals surface area contributed by atoms with Crippen LogP contribution < -0.4 is 0 Å². The number of hydrogen-bond acceptors (Lipinski definition) is 10. The van der Waals surface area contributed by atoms with Gasteiger partial charge in [-0.3, -0.25) is 0 Å². The van der Waals surface area contributed by atoms with Crippen LogP contribution in [0.3, 0.4) is 0 Å². The van der Waals surface area contributed by atoms with Crippen molar-refractivity contribution < 1.29 is 25.2 Å². The van der Waals surface area contributed by atoms with Crippen LogP contribution in [-0.2, 0) is 0 Å². The van der Waals surface area contributed by atoms with Crippen LogP contribution in [0.5, 0.6) is 0 Å². The molecule has 2 fully saturated rings. The number of nitrogens with zero attached hydrogens (tertiary/aromatic N) is 10. The molecular formula is C4H4N10O10. The summed E-state index contributed by atoms with van der Waals surface area (Å²) < 4.78 is 0. The smallest absolute Gasteiger partial charge is 0.235 e. The average Bonchev–Trinajstić information content (AvgIpc) is 2.91. The zero-order valence-corrected chi connectivity index (χ0v) is 10.9. The lowest BCUT2D eigenvalue weighted by molar-refractivity contribution is -0.723. The molecule has 0 aromatic carbocycles. The van der Waals surface area contributed by atoms with Crippen LogP contribution in [0.4, 0.5) is 0 Å². The van der Waals surface area contributed by atoms with Gasteiger partial charge < -0.3 is 0 Å². The van der Waals surface area contributed by atoms with Crippen molar-refractivity contribution in [2.24, 2.45) is 5.10 Å². The van der Waals surface area contributed by atoms with Crippen molar-refractivity contribution in [3.63, 3.8) is 0 Å². The third kappa shape index (κ3) is 2.22. The number of hydrazine groups is 4. The highest BCUT2D eigenvalue weighted by atomic mass is 16.7. The van der Waals surface area contributed by atoms with Crippen LogP contribution in [0.25, 0.3) is 0 Å². The molecule has 0 N–H and O–H groups in total. The molecule has 0 radical (unpaired) electrons. The molecule has 2 atom stereocenters. The van der Waals surface area contributed by atoms with Gasteiger partial charge in [-0.25, -0.2) is 50.6 Å². The Balaban J connectivity index is 2.68. The molecule has 2 aliphatic heterocycles. The quantitative estimate of drug-likeness (QED) is 0.357. The summed E-state index contributed by atoms with van der Waals surface area (Å²) in [7, 11) is 0. The van der Waals surface area contributed by atoms with Crippen LogP contribution in [0.15, 0.2) is 5.10 Å². The second-order valence-electron chi connectivity index (χ2n) is 4.13. The Morgan fingerprint density at radius 2 is 1.12 bits per heavy atom. The van der Waals surface area contributed by atoms with Gasteiger partial charge in [-0.15, -0.1) is 0 Å². The van der Waals surface area contributed by atoms with Gasteiger partial charge in [0.15, 0.2) is 25.2 Å². The largest absolute Gasteiger partial charge is 0.399 e. The Morgan fingerprint density at radius 3 is 1.38 bits per heavy atom. The van der Waals surface area contributed by atoms with Crippen LogP contribution in [0.2, 0.25) is 0 Å². The number of fused-ring (bicyclic) bond motifs is 1. The standard InChI is InChI=1S/C4H4N10O10/c15-10(16)5-4-8(13(21)22)2-3(9(4)14(23)24)7(12(19)20)1-6(2)11(17)18/h2-3H,1H2. The van der Waals surface area contributed by atoms with Crippen molar-refractivity contribution in [3.8, 4) is 0 Å². The predicted molar refractivity (Wildman–Crippen MR) is 62.2 cm³/mol. The van der Waals surface area contributed by atoms with Crippen LogP contribution in [0.1, 0.15) is 0 Å². The first kappa shape index (κ1) is 16.2. The molecule has 20 nitrogen and oxygen atoms in total. The van der Waals surface area contributed by atoms with Crippen LogP contribution >= 0.6 is 0 Å². The van der Waals surface area contributed by atoms with Gasteiger partial charge in [-0.2, -0.15) is 0 Å². The normalized spacial score (nSPS) is 22.4. The van der Waals surface area contributed by atoms with Crippen LogP contribution in [0, 0.1) is 50.6 Å². The van der Waals surface area contributed by atoms with Gasteiger partial charge in [-0.05, 0) is 10.0 Å². The molecule has 2 heterocycles. The Morgan fingerprint density at radius 1 is 0.750 bits per heavy atom. The third-order valence-corrected chi connectivity index (χ3v) is 3.02. The molecule has 2 unspecified atom stereocenters. The Hall–Kier alpha value is -4.13. The van der Waals surface area contributed by atoms with Crippen molar-refractivity contribution in [1.29, 1.82) is 0 Å². The van der Waals surface area contributed by atoms with E-state index in [1.807, 2.05) is 0 Å². The van der Waals surface area contributed by atoms with Crippen molar-refractivity contribution in [3.05, 3.63) is 50.6 Å². The van der Waals surface area contributed by atoms with E-state index in [-0.39, 0.29) is 20.0 Å². The second-order valence-corrected chi connectivity index (χ2v) is 4.13. The fourth-order valence-corrected chi connectivity index (χ4v) is 2.27. The highest BCUT2D eigenvalue weighted by Crippen LogP contribution is 2.33. The first-order valence-electron chi connectivity index (χ1n) is 5.50. The van der Waals surface area contributed by atoms with E-state index in [1.165, 1.54) is 0 Å². The molecular weight excluding hydrogens is 348 g/mol. The maximum absolute atomic E-state index is 11.1. The Labute approximate surface area is 127 Å². The summed E-state index contributed by atoms with van der Waals surface area (Å²) >= 11 is 0. The van der Waals surface area contributed by atoms with Gasteiger partial charge in [0.05, 0.1) is 0 Å². The summed E-state index contributed by atoms with van der Waals surface area (Å²) in [5, 5.41) is 49.3. The van der Waals surface area contributed by atoms with E-state index in [0.717, 1.165) is 0 Å². The van der Waals surface area contributed by atoms with E-state index in [4.69, 9.17) is 0 Å². The summed E-state index contributed by atoms with van der Waals surface area (Å²) in [6.45, 7) is -1.14. The molecule has 0 spiro atoms. The molecule has 2 aliphatic rings. The number of nitro groups is 5. The third-order valence-electron chi connectivity index (χ3n) is 3.02. The summed E-state index contributed by atoms with van der Waals surface area (Å²) in [5.41, 5.74) is 0. The zero-order valence-electron chi connectivity index (χ0n) is 10.9. The summed E-state index contributed by atoms with van der Waals surface area (Å²) in [5.74, 6) is -1.52. The lowest BCUT2D eigenvalue weighted by atomic mass is 10.4. The fourth-order valence-electron chi connectivity index (χ4n) is 2.27. The minimum absolute atomic E-state index is 0.0464. The molecule has 0 aromatic rings. The molecule has 0 aromatic heterocycles. The summed E-state index contributed by atoms with van der Waals surface area (Å²) in [6, 6.07) is 0. The number of hydrazone groups is 1. The molecule has 2 saturated heterocycles. The topological polar surface area (TPSA) is 241 Å². The number of rotatable bonds is 5. The minimum atomic E-state index is -2.20. The summed E-state index contributed by atoms with van der Waals surface area (Å²) in [6.07, 6.45) is -4.41. The lowest BCUT2D eigenvalue weighted by Crippen LogP contribution is -2.50. The van der Waals surface area contributed by atoms with E-state index < -0.39 is 50.1 Å². The molecule has 0 bridgehead atoms. The van der Waals surface area contributed by atoms with Gasteiger partial charge >= 0.3 is 5.96 Å². The first-order chi connectivity index (χ1) is 11.1. The average molecular weight is 352 g/mol. The molecule has 0 amide bonds. The molecule has 2 rings (SSSR count). The van der Waals surface area contributed by atoms with Gasteiger partial charge in [-0.1, -0.05) is 10.0 Å².